The van der Waals surface area contributed by atoms with Crippen LogP contribution in [0, 0.1) is 6.92 Å². The van der Waals surface area contributed by atoms with Crippen molar-refractivity contribution < 1.29 is 14.3 Å². The van der Waals surface area contributed by atoms with Crippen molar-refractivity contribution >= 4 is 27.3 Å². The summed E-state index contributed by atoms with van der Waals surface area (Å²) in [6.45, 7) is 6.25. The average Bonchev–Trinajstić information content (AvgIpc) is 3.70. The zero-order valence-corrected chi connectivity index (χ0v) is 23.6. The molecule has 0 aliphatic carbocycles. The van der Waals surface area contributed by atoms with Gasteiger partial charge < -0.3 is 14.8 Å². The average molecular weight is 541 g/mol. The molecule has 1 N–H and O–H groups in total. The molecule has 2 aliphatic heterocycles. The number of hydrogen-bond donors (Lipinski definition) is 1. The van der Waals surface area contributed by atoms with E-state index in [1.807, 2.05) is 23.5 Å². The van der Waals surface area contributed by atoms with Crippen molar-refractivity contribution in [3.63, 3.8) is 0 Å². The predicted octanol–water partition coefficient (Wildman–Crippen LogP) is 6.73. The summed E-state index contributed by atoms with van der Waals surface area (Å²) in [5.74, 6) is 1.82. The first kappa shape index (κ1) is 25.9. The molecular formula is C33H36N2O3S. The lowest BCUT2D eigenvalue weighted by Gasteiger charge is -2.17. The number of hydrogen-bond acceptors (Lipinski definition) is 5. The highest BCUT2D eigenvalue weighted by Gasteiger charge is 2.21. The van der Waals surface area contributed by atoms with Crippen molar-refractivity contribution in [3.05, 3.63) is 82.9 Å². The topological polar surface area (TPSA) is 50.8 Å². The normalized spacial score (nSPS) is 17.6. The van der Waals surface area contributed by atoms with E-state index < -0.39 is 0 Å². The first-order valence-electron chi connectivity index (χ1n) is 14.0. The van der Waals surface area contributed by atoms with Gasteiger partial charge in [-0.15, -0.1) is 11.3 Å². The summed E-state index contributed by atoms with van der Waals surface area (Å²) in [5, 5.41) is 4.25. The second-order valence-electron chi connectivity index (χ2n) is 10.8. The number of rotatable bonds is 9. The minimum absolute atomic E-state index is 0.103. The van der Waals surface area contributed by atoms with Gasteiger partial charge >= 0.3 is 0 Å². The molecule has 1 aromatic heterocycles. The fraction of sp³-hybridized carbons (Fsp3) is 0.364. The summed E-state index contributed by atoms with van der Waals surface area (Å²) >= 11 is 1.82. The van der Waals surface area contributed by atoms with Crippen LogP contribution in [0.5, 0.6) is 11.5 Å². The van der Waals surface area contributed by atoms with Gasteiger partial charge in [0.25, 0.3) is 0 Å². The Morgan fingerprint density at radius 2 is 1.79 bits per heavy atom. The molecular weight excluding hydrogens is 504 g/mol. The lowest BCUT2D eigenvalue weighted by Crippen LogP contribution is -2.30. The van der Waals surface area contributed by atoms with E-state index in [-0.39, 0.29) is 11.9 Å². The third-order valence-electron chi connectivity index (χ3n) is 8.03. The molecule has 1 amide bonds. The van der Waals surface area contributed by atoms with Crippen molar-refractivity contribution in [2.75, 3.05) is 26.8 Å². The Balaban J connectivity index is 1.26. The molecule has 3 aromatic carbocycles. The van der Waals surface area contributed by atoms with Crippen molar-refractivity contribution in [1.29, 1.82) is 0 Å². The van der Waals surface area contributed by atoms with E-state index >= 15 is 0 Å². The smallest absolute Gasteiger partial charge is 0.220 e. The van der Waals surface area contributed by atoms with E-state index in [1.54, 1.807) is 7.11 Å². The second kappa shape index (κ2) is 11.4. The van der Waals surface area contributed by atoms with Gasteiger partial charge in [0.2, 0.25) is 5.91 Å². The molecule has 0 unspecified atom stereocenters. The highest BCUT2D eigenvalue weighted by atomic mass is 32.1. The molecule has 2 fully saturated rings. The number of likely N-dealkylation sites (tertiary alicyclic amines) is 1. The molecule has 0 saturated carbocycles. The molecule has 4 aromatic rings. The van der Waals surface area contributed by atoms with Gasteiger partial charge in [0, 0.05) is 22.5 Å². The summed E-state index contributed by atoms with van der Waals surface area (Å²) in [5.41, 5.74) is 6.70. The Morgan fingerprint density at radius 1 is 1.00 bits per heavy atom. The monoisotopic (exact) mass is 540 g/mol. The van der Waals surface area contributed by atoms with E-state index in [0.717, 1.165) is 30.9 Å². The molecule has 39 heavy (non-hydrogen) atoms. The Bertz CT molecular complexity index is 1470. The van der Waals surface area contributed by atoms with E-state index in [4.69, 9.17) is 9.47 Å². The highest BCUT2D eigenvalue weighted by Crippen LogP contribution is 2.41. The molecule has 6 heteroatoms. The summed E-state index contributed by atoms with van der Waals surface area (Å²) in [6.07, 6.45) is 4.95. The van der Waals surface area contributed by atoms with Crippen molar-refractivity contribution in [2.45, 2.75) is 51.6 Å². The quantitative estimate of drug-likeness (QED) is 0.256. The number of amides is 1. The molecule has 3 heterocycles. The number of methoxy groups -OCH3 is 1. The van der Waals surface area contributed by atoms with Crippen LogP contribution >= 0.6 is 11.3 Å². The van der Waals surface area contributed by atoms with E-state index in [9.17, 15) is 4.79 Å². The van der Waals surface area contributed by atoms with Gasteiger partial charge in [0.1, 0.15) is 18.1 Å². The first-order valence-corrected chi connectivity index (χ1v) is 14.8. The number of aryl methyl sites for hydroxylation is 1. The molecule has 5 nitrogen and oxygen atoms in total. The SMILES string of the molecule is COc1ccc2c(Cc3ccc(CN4CCCC4)c(C)c3)c(-c3ccc(OC[C@@H]4CCC(=O)N4)cc3)sc2c1. The minimum Gasteiger partial charge on any atom is -0.497 e. The van der Waals surface area contributed by atoms with Gasteiger partial charge in [-0.1, -0.05) is 18.2 Å². The third-order valence-corrected chi connectivity index (χ3v) is 9.28. The fourth-order valence-electron chi connectivity index (χ4n) is 5.80. The van der Waals surface area contributed by atoms with Crippen LogP contribution in [0.4, 0.5) is 0 Å². The zero-order valence-electron chi connectivity index (χ0n) is 22.8. The molecule has 0 radical (unpaired) electrons. The Hall–Kier alpha value is -3.35. The summed E-state index contributed by atoms with van der Waals surface area (Å²) in [4.78, 5) is 15.3. The van der Waals surface area contributed by atoms with Gasteiger partial charge in [0.05, 0.1) is 13.2 Å². The Morgan fingerprint density at radius 3 is 2.51 bits per heavy atom. The number of nitrogens with one attached hydrogen (secondary N) is 1. The zero-order chi connectivity index (χ0) is 26.8. The maximum absolute atomic E-state index is 11.5. The van der Waals surface area contributed by atoms with Crippen molar-refractivity contribution in [2.24, 2.45) is 0 Å². The number of nitrogens with zero attached hydrogens (tertiary/aromatic N) is 1. The Kier molecular flexibility index (Phi) is 7.58. The summed E-state index contributed by atoms with van der Waals surface area (Å²) in [7, 11) is 1.72. The lowest BCUT2D eigenvalue weighted by atomic mass is 9.96. The lowest BCUT2D eigenvalue weighted by molar-refractivity contribution is -0.119. The number of carbonyl (C=O) groups excluding carboxylic acids is 1. The van der Waals surface area contributed by atoms with Crippen LogP contribution in [-0.4, -0.2) is 43.7 Å². The minimum atomic E-state index is 0.103. The van der Waals surface area contributed by atoms with Gasteiger partial charge in [0.15, 0.2) is 0 Å². The summed E-state index contributed by atoms with van der Waals surface area (Å²) < 4.78 is 12.8. The maximum atomic E-state index is 11.5. The fourth-order valence-corrected chi connectivity index (χ4v) is 7.05. The largest absolute Gasteiger partial charge is 0.497 e. The van der Waals surface area contributed by atoms with Crippen molar-refractivity contribution in [3.8, 4) is 21.9 Å². The molecule has 0 spiro atoms. The third kappa shape index (κ3) is 5.82. The van der Waals surface area contributed by atoms with Crippen molar-refractivity contribution in [1.82, 2.24) is 10.2 Å². The molecule has 2 aliphatic rings. The molecule has 2 saturated heterocycles. The summed E-state index contributed by atoms with van der Waals surface area (Å²) in [6, 6.07) is 21.9. The van der Waals surface area contributed by atoms with Crippen LogP contribution in [0.2, 0.25) is 0 Å². The van der Waals surface area contributed by atoms with E-state index in [0.29, 0.717) is 13.0 Å². The standard InChI is InChI=1S/C33H36N2O3S/c1-22-17-23(5-6-25(22)20-35-15-3-4-16-35)18-30-29-13-12-28(37-2)19-31(29)39-33(30)24-7-10-27(11-8-24)38-21-26-9-14-32(36)34-26/h5-8,10-13,17,19,26H,3-4,9,14-16,18,20-21H2,1-2H3,(H,34,36)/t26-/m0/s1. The number of carbonyl (C=O) groups is 1. The van der Waals surface area contributed by atoms with Gasteiger partial charge in [-0.25, -0.2) is 0 Å². The molecule has 0 bridgehead atoms. The first-order chi connectivity index (χ1) is 19.1. The predicted molar refractivity (Wildman–Crippen MR) is 159 cm³/mol. The van der Waals surface area contributed by atoms with Gasteiger partial charge in [-0.3, -0.25) is 9.69 Å². The molecule has 1 atom stereocenters. The number of fused-ring (bicyclic) bond motifs is 1. The van der Waals surface area contributed by atoms with E-state index in [1.165, 1.54) is 68.7 Å². The van der Waals surface area contributed by atoms with Crippen LogP contribution in [0.15, 0.2) is 60.7 Å². The number of ether oxygens (including phenoxy) is 2. The molecule has 202 valence electrons. The van der Waals surface area contributed by atoms with Crippen LogP contribution in [0.1, 0.15) is 47.9 Å². The number of thiophene rings is 1. The maximum Gasteiger partial charge on any atom is 0.220 e. The van der Waals surface area contributed by atoms with Gasteiger partial charge in [-0.05, 0) is 121 Å². The van der Waals surface area contributed by atoms with Crippen LogP contribution < -0.4 is 14.8 Å². The highest BCUT2D eigenvalue weighted by molar-refractivity contribution is 7.22. The Labute approximate surface area is 234 Å². The van der Waals surface area contributed by atoms with Crippen LogP contribution in [0.25, 0.3) is 20.5 Å². The van der Waals surface area contributed by atoms with E-state index in [2.05, 4.69) is 65.7 Å². The van der Waals surface area contributed by atoms with Gasteiger partial charge in [-0.2, -0.15) is 0 Å². The second-order valence-corrected chi connectivity index (χ2v) is 11.9. The van der Waals surface area contributed by atoms with Crippen LogP contribution in [0.3, 0.4) is 0 Å². The molecule has 6 rings (SSSR count). The van der Waals surface area contributed by atoms with Crippen LogP contribution in [-0.2, 0) is 17.8 Å². The number of benzene rings is 3.